The van der Waals surface area contributed by atoms with Gasteiger partial charge < -0.3 is 4.74 Å². The Morgan fingerprint density at radius 2 is 2.10 bits per heavy atom. The lowest BCUT2D eigenvalue weighted by Gasteiger charge is -1.99. The van der Waals surface area contributed by atoms with E-state index in [0.717, 1.165) is 18.4 Å². The first-order valence-corrected chi connectivity index (χ1v) is 3.53. The molecule has 0 aromatic heterocycles. The van der Waals surface area contributed by atoms with E-state index in [2.05, 4.69) is 4.74 Å². The first-order valence-electron chi connectivity index (χ1n) is 3.53. The van der Waals surface area contributed by atoms with Crippen LogP contribution in [0, 0.1) is 0 Å². The maximum Gasteiger partial charge on any atom is 0.333 e. The van der Waals surface area contributed by atoms with Gasteiger partial charge in [0, 0.05) is 5.57 Å². The van der Waals surface area contributed by atoms with Gasteiger partial charge in [0.05, 0.1) is 7.11 Å². The molecule has 0 unspecified atom stereocenters. The Balaban J connectivity index is 4.06. The van der Waals surface area contributed by atoms with Gasteiger partial charge in [-0.25, -0.2) is 4.79 Å². The van der Waals surface area contributed by atoms with E-state index >= 15 is 0 Å². The fraction of sp³-hybridized carbons (Fsp3) is 0.625. The Morgan fingerprint density at radius 3 is 2.40 bits per heavy atom. The Bertz CT molecular complexity index is 136. The summed E-state index contributed by atoms with van der Waals surface area (Å²) < 4.78 is 4.55. The zero-order valence-electron chi connectivity index (χ0n) is 6.81. The lowest BCUT2D eigenvalue weighted by Crippen LogP contribution is -2.03. The average molecular weight is 142 g/mol. The van der Waals surface area contributed by atoms with E-state index in [1.165, 1.54) is 7.11 Å². The molecule has 0 bridgehead atoms. The summed E-state index contributed by atoms with van der Waals surface area (Å²) in [4.78, 5) is 10.8. The van der Waals surface area contributed by atoms with Crippen molar-refractivity contribution in [3.05, 3.63) is 11.6 Å². The minimum Gasteiger partial charge on any atom is -0.466 e. The minimum atomic E-state index is -0.204. The van der Waals surface area contributed by atoms with Gasteiger partial charge in [-0.15, -0.1) is 0 Å². The Labute approximate surface area is 61.9 Å². The smallest absolute Gasteiger partial charge is 0.333 e. The van der Waals surface area contributed by atoms with Crippen molar-refractivity contribution in [1.29, 1.82) is 0 Å². The van der Waals surface area contributed by atoms with Crippen LogP contribution >= 0.6 is 0 Å². The van der Waals surface area contributed by atoms with Crippen LogP contribution in [0.4, 0.5) is 0 Å². The molecule has 0 aliphatic heterocycles. The Morgan fingerprint density at radius 1 is 1.50 bits per heavy atom. The van der Waals surface area contributed by atoms with Crippen LogP contribution in [0.3, 0.4) is 0 Å². The second kappa shape index (κ2) is 5.03. The van der Waals surface area contributed by atoms with Gasteiger partial charge in [0.1, 0.15) is 0 Å². The van der Waals surface area contributed by atoms with E-state index in [-0.39, 0.29) is 5.97 Å². The molecule has 0 spiro atoms. The molecule has 0 radical (unpaired) electrons. The molecule has 58 valence electrons. The third-order valence-corrected chi connectivity index (χ3v) is 1.28. The van der Waals surface area contributed by atoms with Crippen LogP contribution in [-0.4, -0.2) is 13.1 Å². The monoisotopic (exact) mass is 142 g/mol. The second-order valence-corrected chi connectivity index (χ2v) is 1.98. The molecule has 0 N–H and O–H groups in total. The molecule has 0 saturated carbocycles. The van der Waals surface area contributed by atoms with Crippen LogP contribution in [0.15, 0.2) is 11.6 Å². The van der Waals surface area contributed by atoms with Gasteiger partial charge in [-0.3, -0.25) is 0 Å². The third-order valence-electron chi connectivity index (χ3n) is 1.28. The van der Waals surface area contributed by atoms with Crippen molar-refractivity contribution in [2.45, 2.75) is 26.7 Å². The lowest BCUT2D eigenvalue weighted by molar-refractivity contribution is -0.136. The Kier molecular flexibility index (Phi) is 4.63. The minimum absolute atomic E-state index is 0.204. The van der Waals surface area contributed by atoms with Gasteiger partial charge in [-0.1, -0.05) is 19.9 Å². The third kappa shape index (κ3) is 2.67. The number of esters is 1. The molecule has 0 rings (SSSR count). The highest BCUT2D eigenvalue weighted by molar-refractivity contribution is 5.88. The van der Waals surface area contributed by atoms with Gasteiger partial charge in [0.15, 0.2) is 0 Å². The van der Waals surface area contributed by atoms with Crippen LogP contribution in [-0.2, 0) is 9.53 Å². The molecule has 0 aliphatic rings. The summed E-state index contributed by atoms with van der Waals surface area (Å²) in [7, 11) is 1.40. The quantitative estimate of drug-likeness (QED) is 0.444. The summed E-state index contributed by atoms with van der Waals surface area (Å²) in [5.74, 6) is -0.204. The number of ether oxygens (including phenoxy) is 1. The largest absolute Gasteiger partial charge is 0.466 e. The van der Waals surface area contributed by atoms with Crippen molar-refractivity contribution in [3.8, 4) is 0 Å². The summed E-state index contributed by atoms with van der Waals surface area (Å²) >= 11 is 0. The lowest BCUT2D eigenvalue weighted by atomic mass is 10.2. The molecular formula is C8H14O2. The maximum absolute atomic E-state index is 10.8. The van der Waals surface area contributed by atoms with Gasteiger partial charge in [0.2, 0.25) is 0 Å². The fourth-order valence-electron chi connectivity index (χ4n) is 0.750. The van der Waals surface area contributed by atoms with Crippen LogP contribution in [0.5, 0.6) is 0 Å². The number of hydrogen-bond acceptors (Lipinski definition) is 2. The van der Waals surface area contributed by atoms with E-state index in [1.54, 1.807) is 0 Å². The van der Waals surface area contributed by atoms with E-state index in [0.29, 0.717) is 0 Å². The van der Waals surface area contributed by atoms with E-state index < -0.39 is 0 Å². The summed E-state index contributed by atoms with van der Waals surface area (Å²) in [5.41, 5.74) is 0.769. The SMILES string of the molecule is CC/C=C(/CC)C(=O)OC. The average Bonchev–Trinajstić information content (AvgIpc) is 1.99. The normalized spacial score (nSPS) is 11.3. The van der Waals surface area contributed by atoms with E-state index in [9.17, 15) is 4.79 Å². The summed E-state index contributed by atoms with van der Waals surface area (Å²) in [6, 6.07) is 0. The number of carbonyl (C=O) groups is 1. The van der Waals surface area contributed by atoms with Gasteiger partial charge >= 0.3 is 5.97 Å². The molecule has 2 nitrogen and oxygen atoms in total. The summed E-state index contributed by atoms with van der Waals surface area (Å²) in [5, 5.41) is 0. The van der Waals surface area contributed by atoms with Crippen LogP contribution in [0.1, 0.15) is 26.7 Å². The zero-order chi connectivity index (χ0) is 7.98. The topological polar surface area (TPSA) is 26.3 Å². The molecule has 2 heteroatoms. The summed E-state index contributed by atoms with van der Waals surface area (Å²) in [6.45, 7) is 3.94. The zero-order valence-corrected chi connectivity index (χ0v) is 6.81. The summed E-state index contributed by atoms with van der Waals surface area (Å²) in [6.07, 6.45) is 3.53. The Hall–Kier alpha value is -0.790. The van der Waals surface area contributed by atoms with Crippen LogP contribution in [0.25, 0.3) is 0 Å². The maximum atomic E-state index is 10.8. The van der Waals surface area contributed by atoms with Crippen molar-refractivity contribution >= 4 is 5.97 Å². The fourth-order valence-corrected chi connectivity index (χ4v) is 0.750. The van der Waals surface area contributed by atoms with Crippen molar-refractivity contribution in [3.63, 3.8) is 0 Å². The highest BCUT2D eigenvalue weighted by atomic mass is 16.5. The predicted octanol–water partition coefficient (Wildman–Crippen LogP) is 1.91. The van der Waals surface area contributed by atoms with Crippen molar-refractivity contribution in [1.82, 2.24) is 0 Å². The molecule has 10 heavy (non-hydrogen) atoms. The number of hydrogen-bond donors (Lipinski definition) is 0. The van der Waals surface area contributed by atoms with E-state index in [4.69, 9.17) is 0 Å². The molecule has 0 amide bonds. The number of allylic oxidation sites excluding steroid dienone is 1. The molecule has 0 aliphatic carbocycles. The highest BCUT2D eigenvalue weighted by Gasteiger charge is 2.04. The number of carbonyl (C=O) groups excluding carboxylic acids is 1. The van der Waals surface area contributed by atoms with Crippen LogP contribution in [0.2, 0.25) is 0 Å². The van der Waals surface area contributed by atoms with Gasteiger partial charge in [-0.05, 0) is 12.8 Å². The van der Waals surface area contributed by atoms with Crippen molar-refractivity contribution in [2.24, 2.45) is 0 Å². The van der Waals surface area contributed by atoms with Gasteiger partial charge in [0.25, 0.3) is 0 Å². The van der Waals surface area contributed by atoms with Crippen LogP contribution < -0.4 is 0 Å². The first kappa shape index (κ1) is 9.21. The van der Waals surface area contributed by atoms with Crippen molar-refractivity contribution < 1.29 is 9.53 Å². The number of rotatable bonds is 3. The van der Waals surface area contributed by atoms with Gasteiger partial charge in [-0.2, -0.15) is 0 Å². The molecule has 0 heterocycles. The first-order chi connectivity index (χ1) is 4.76. The molecule has 0 aromatic rings. The molecule has 0 aromatic carbocycles. The standard InChI is InChI=1S/C8H14O2/c1-4-6-7(5-2)8(9)10-3/h6H,4-5H2,1-3H3/b7-6-. The second-order valence-electron chi connectivity index (χ2n) is 1.98. The predicted molar refractivity (Wildman–Crippen MR) is 40.7 cm³/mol. The van der Waals surface area contributed by atoms with E-state index in [1.807, 2.05) is 19.9 Å². The highest BCUT2D eigenvalue weighted by Crippen LogP contribution is 2.03. The van der Waals surface area contributed by atoms with Crippen molar-refractivity contribution in [2.75, 3.05) is 7.11 Å². The number of methoxy groups -OCH3 is 1. The molecular weight excluding hydrogens is 128 g/mol. The molecule has 0 fully saturated rings. The molecule has 0 atom stereocenters. The molecule has 0 saturated heterocycles.